The van der Waals surface area contributed by atoms with Gasteiger partial charge in [0.1, 0.15) is 24.7 Å². The second kappa shape index (κ2) is 31.4. The first-order valence-electron chi connectivity index (χ1n) is 24.9. The van der Waals surface area contributed by atoms with Crippen molar-refractivity contribution in [3.05, 3.63) is 180 Å². The number of phenolic OH excluding ortho intramolecular Hbond substituents is 1. The van der Waals surface area contributed by atoms with E-state index in [1.807, 2.05) is 48.5 Å². The number of benzene rings is 4. The van der Waals surface area contributed by atoms with E-state index in [2.05, 4.69) is 112 Å². The van der Waals surface area contributed by atoms with Gasteiger partial charge in [-0.25, -0.2) is 19.2 Å². The summed E-state index contributed by atoms with van der Waals surface area (Å²) in [4.78, 5) is 64.2. The molecule has 0 heterocycles. The minimum absolute atomic E-state index is 0.0125. The average molecular weight is 1000 g/mol. The molecule has 0 aliphatic heterocycles. The van der Waals surface area contributed by atoms with Gasteiger partial charge in [0.05, 0.1) is 18.4 Å². The minimum atomic E-state index is -0.719. The van der Waals surface area contributed by atoms with Crippen LogP contribution in [0, 0.1) is 5.92 Å². The van der Waals surface area contributed by atoms with Crippen molar-refractivity contribution in [2.75, 3.05) is 13.1 Å². The smallest absolute Gasteiger partial charge is 0.335 e. The molecule has 0 fully saturated rings. The zero-order chi connectivity index (χ0) is 54.0. The number of rotatable bonds is 26. The van der Waals surface area contributed by atoms with Gasteiger partial charge < -0.3 is 28.8 Å². The van der Waals surface area contributed by atoms with Crippen LogP contribution in [-0.4, -0.2) is 82.0 Å². The molecule has 0 aliphatic rings. The molecular formula is C60H76N2O11. The highest BCUT2D eigenvalue weighted by atomic mass is 16.5. The predicted molar refractivity (Wildman–Crippen MR) is 285 cm³/mol. The Labute approximate surface area is 433 Å². The summed E-state index contributed by atoms with van der Waals surface area (Å²) in [6.45, 7) is 29.4. The molecule has 4 aromatic rings. The molecule has 13 nitrogen and oxygen atoms in total. The number of carbonyl (C=O) groups excluding carboxylic acids is 5. The fraction of sp³-hybridized carbons (Fsp3) is 0.383. The van der Waals surface area contributed by atoms with Crippen LogP contribution in [0.15, 0.2) is 147 Å². The van der Waals surface area contributed by atoms with Crippen LogP contribution < -0.4 is 4.74 Å². The number of ether oxygens (including phenoxy) is 5. The van der Waals surface area contributed by atoms with Gasteiger partial charge in [0.15, 0.2) is 0 Å². The number of esters is 5. The highest BCUT2D eigenvalue weighted by Crippen LogP contribution is 2.37. The highest BCUT2D eigenvalue weighted by molar-refractivity contribution is 5.92. The molecule has 0 saturated heterocycles. The van der Waals surface area contributed by atoms with Crippen molar-refractivity contribution in [2.45, 2.75) is 131 Å². The molecule has 392 valence electrons. The largest absolute Gasteiger partial charge is 0.508 e. The van der Waals surface area contributed by atoms with Crippen molar-refractivity contribution in [3.63, 3.8) is 0 Å². The zero-order valence-electron chi connectivity index (χ0n) is 44.3. The molecular weight excluding hydrogens is 925 g/mol. The molecule has 0 aromatic heterocycles. The molecule has 0 aliphatic carbocycles. The van der Waals surface area contributed by atoms with Crippen molar-refractivity contribution in [2.24, 2.45) is 5.92 Å². The third-order valence-electron chi connectivity index (χ3n) is 11.9. The van der Waals surface area contributed by atoms with Gasteiger partial charge in [-0.15, -0.1) is 0 Å². The number of aromatic hydroxyl groups is 1. The quantitative estimate of drug-likeness (QED) is 0.0208. The second-order valence-corrected chi connectivity index (χ2v) is 18.8. The van der Waals surface area contributed by atoms with Gasteiger partial charge in [0.25, 0.3) is 0 Å². The van der Waals surface area contributed by atoms with Crippen LogP contribution in [0.5, 0.6) is 11.5 Å². The molecule has 73 heavy (non-hydrogen) atoms. The van der Waals surface area contributed by atoms with Gasteiger partial charge in [-0.2, -0.15) is 0 Å². The third-order valence-corrected chi connectivity index (χ3v) is 11.9. The normalized spacial score (nSPS) is 12.3. The first-order chi connectivity index (χ1) is 34.7. The van der Waals surface area contributed by atoms with Crippen molar-refractivity contribution in [1.29, 1.82) is 0 Å². The van der Waals surface area contributed by atoms with Crippen LogP contribution in [0.1, 0.15) is 127 Å². The maximum Gasteiger partial charge on any atom is 0.335 e. The Morgan fingerprint density at radius 1 is 0.521 bits per heavy atom. The molecule has 0 unspecified atom stereocenters. The van der Waals surface area contributed by atoms with Crippen molar-refractivity contribution < 1.29 is 52.8 Å². The number of carbonyl (C=O) groups is 5. The maximum absolute atomic E-state index is 12.6. The van der Waals surface area contributed by atoms with Crippen LogP contribution in [0.4, 0.5) is 0 Å². The summed E-state index contributed by atoms with van der Waals surface area (Å²) < 4.78 is 25.5. The van der Waals surface area contributed by atoms with Crippen LogP contribution in [-0.2, 0) is 56.1 Å². The third kappa shape index (κ3) is 20.9. The summed E-state index contributed by atoms with van der Waals surface area (Å²) >= 11 is 0. The Kier molecular flexibility index (Phi) is 25.9. The Bertz CT molecular complexity index is 2440. The van der Waals surface area contributed by atoms with Crippen LogP contribution >= 0.6 is 0 Å². The Morgan fingerprint density at radius 3 is 1.30 bits per heavy atom. The molecule has 0 bridgehead atoms. The van der Waals surface area contributed by atoms with Crippen LogP contribution in [0.25, 0.3) is 0 Å². The lowest BCUT2D eigenvalue weighted by Gasteiger charge is -2.32. The summed E-state index contributed by atoms with van der Waals surface area (Å²) in [5.41, 5.74) is 5.33. The van der Waals surface area contributed by atoms with E-state index in [0.717, 1.165) is 96.1 Å². The van der Waals surface area contributed by atoms with Gasteiger partial charge >= 0.3 is 29.8 Å². The van der Waals surface area contributed by atoms with E-state index in [1.165, 1.54) is 0 Å². The summed E-state index contributed by atoms with van der Waals surface area (Å²) in [5.74, 6) is -2.77. The maximum atomic E-state index is 12.6. The molecule has 1 N–H and O–H groups in total. The first kappa shape index (κ1) is 60.2. The van der Waals surface area contributed by atoms with Gasteiger partial charge in [-0.3, -0.25) is 14.6 Å². The lowest BCUT2D eigenvalue weighted by Crippen LogP contribution is -2.38. The second-order valence-electron chi connectivity index (χ2n) is 18.8. The first-order valence-corrected chi connectivity index (χ1v) is 24.9. The summed E-state index contributed by atoms with van der Waals surface area (Å²) in [6.07, 6.45) is 7.56. The van der Waals surface area contributed by atoms with Crippen LogP contribution in [0.3, 0.4) is 0 Å². The Balaban J connectivity index is 0.000000389. The SMILES string of the molecule is C=COC(=O)/C=C/C(=O)OCc1ccc(O)c([C@H](CCN(C(C)C)C(C)C)c2ccccc2)c1.C=COC(=O)/C=C/C(=O)OCc1ccc(OC(=O)C(C)C)c([C@H](CCN(C(C)C)C(C)C)c2ccccc2)c1. The molecule has 2 atom stereocenters. The van der Waals surface area contributed by atoms with E-state index in [-0.39, 0.29) is 42.7 Å². The zero-order valence-corrected chi connectivity index (χ0v) is 44.3. The minimum Gasteiger partial charge on any atom is -0.508 e. The number of phenols is 1. The summed E-state index contributed by atoms with van der Waals surface area (Å²) in [6, 6.07) is 32.5. The number of nitrogens with zero attached hydrogens (tertiary/aromatic N) is 2. The summed E-state index contributed by atoms with van der Waals surface area (Å²) in [5, 5.41) is 10.7. The molecule has 0 radical (unpaired) electrons. The lowest BCUT2D eigenvalue weighted by molar-refractivity contribution is -0.140. The highest BCUT2D eigenvalue weighted by Gasteiger charge is 2.25. The number of hydrogen-bond donors (Lipinski definition) is 1. The fourth-order valence-corrected chi connectivity index (χ4v) is 8.33. The Morgan fingerprint density at radius 2 is 0.904 bits per heavy atom. The number of hydrogen-bond acceptors (Lipinski definition) is 13. The van der Waals surface area contributed by atoms with Gasteiger partial charge in [0.2, 0.25) is 0 Å². The van der Waals surface area contributed by atoms with E-state index < -0.39 is 23.9 Å². The molecule has 0 amide bonds. The molecule has 13 heteroatoms. The Hall–Kier alpha value is -7.09. The summed E-state index contributed by atoms with van der Waals surface area (Å²) in [7, 11) is 0. The molecule has 0 saturated carbocycles. The van der Waals surface area contributed by atoms with Crippen molar-refractivity contribution in [3.8, 4) is 11.5 Å². The van der Waals surface area contributed by atoms with E-state index in [0.29, 0.717) is 29.9 Å². The topological polar surface area (TPSA) is 158 Å². The van der Waals surface area contributed by atoms with E-state index in [4.69, 9.17) is 14.2 Å². The monoisotopic (exact) mass is 1000 g/mol. The van der Waals surface area contributed by atoms with E-state index >= 15 is 0 Å². The van der Waals surface area contributed by atoms with Crippen LogP contribution in [0.2, 0.25) is 0 Å². The van der Waals surface area contributed by atoms with Gasteiger partial charge in [-0.1, -0.05) is 99.8 Å². The molecule has 4 aromatic carbocycles. The van der Waals surface area contributed by atoms with E-state index in [1.54, 1.807) is 38.1 Å². The van der Waals surface area contributed by atoms with Crippen molar-refractivity contribution >= 4 is 29.8 Å². The fourth-order valence-electron chi connectivity index (χ4n) is 8.33. The van der Waals surface area contributed by atoms with Crippen molar-refractivity contribution in [1.82, 2.24) is 9.80 Å². The lowest BCUT2D eigenvalue weighted by atomic mass is 9.86. The molecule has 4 rings (SSSR count). The standard InChI is InChI=1S/C32H41NO6.C28H35NO5/c1-8-37-30(34)16-17-31(35)38-21-25-14-15-29(39-32(36)22(2)3)28(20-25)27(26-12-10-9-11-13-26)18-19-33(23(4)5)24(6)7;1-6-33-27(31)14-15-28(32)34-19-22-12-13-26(30)25(18-22)24(23-10-8-7-9-11-23)16-17-29(20(2)3)21(4)5/h8-17,20,22-24,27H,1,18-19,21H2,2-7H3;6-15,18,20-21,24,30H,1,16-17,19H2,2-5H3/b17-16+;15-14+/t27-;24-/m11/s1. The molecule has 0 spiro atoms. The van der Waals surface area contributed by atoms with Gasteiger partial charge in [0, 0.05) is 71.4 Å². The predicted octanol–water partition coefficient (Wildman–Crippen LogP) is 11.5. The van der Waals surface area contributed by atoms with Gasteiger partial charge in [-0.05, 0) is 128 Å². The van der Waals surface area contributed by atoms with E-state index in [9.17, 15) is 29.1 Å². The average Bonchev–Trinajstić information content (AvgIpc) is 3.35.